The number of ether oxygens (including phenoxy) is 1. The van der Waals surface area contributed by atoms with Crippen molar-refractivity contribution >= 4 is 0 Å². The van der Waals surface area contributed by atoms with Crippen molar-refractivity contribution in [1.82, 2.24) is 0 Å². The zero-order chi connectivity index (χ0) is 9.40. The van der Waals surface area contributed by atoms with Gasteiger partial charge in [-0.25, -0.2) is 0 Å². The van der Waals surface area contributed by atoms with Crippen LogP contribution in [-0.2, 0) is 4.74 Å². The van der Waals surface area contributed by atoms with Crippen LogP contribution in [0.15, 0.2) is 0 Å². The minimum absolute atomic E-state index is 0.291. The van der Waals surface area contributed by atoms with Gasteiger partial charge in [0.25, 0.3) is 0 Å². The van der Waals surface area contributed by atoms with E-state index in [1.807, 2.05) is 0 Å². The largest absolute Gasteiger partial charge is 0.381 e. The third-order valence-corrected chi connectivity index (χ3v) is 2.26. The van der Waals surface area contributed by atoms with Crippen molar-refractivity contribution in [2.75, 3.05) is 13.2 Å². The molecule has 2 nitrogen and oxygen atoms in total. The molecule has 0 heterocycles. The molecule has 74 valence electrons. The lowest BCUT2D eigenvalue weighted by Crippen LogP contribution is -2.25. The Hall–Kier alpha value is -0.0800. The van der Waals surface area contributed by atoms with E-state index in [1.165, 1.54) is 12.8 Å². The Kier molecular flexibility index (Phi) is 7.51. The standard InChI is InChI=1S/C10H23NO/c1-4-5-7-12-8-6-9(2)10(3)11/h9-10H,4-8,11H2,1-3H3. The van der Waals surface area contributed by atoms with E-state index >= 15 is 0 Å². The molecule has 12 heavy (non-hydrogen) atoms. The zero-order valence-electron chi connectivity index (χ0n) is 8.68. The maximum atomic E-state index is 5.72. The first-order valence-corrected chi connectivity index (χ1v) is 5.01. The lowest BCUT2D eigenvalue weighted by molar-refractivity contribution is 0.117. The molecule has 0 rings (SSSR count). The molecule has 0 aliphatic heterocycles. The highest BCUT2D eigenvalue weighted by Gasteiger charge is 2.06. The molecule has 0 aromatic heterocycles. The molecule has 0 spiro atoms. The molecule has 0 saturated heterocycles. The van der Waals surface area contributed by atoms with Crippen LogP contribution in [0.4, 0.5) is 0 Å². The first-order chi connectivity index (χ1) is 5.68. The fourth-order valence-corrected chi connectivity index (χ4v) is 0.881. The molecule has 0 amide bonds. The SMILES string of the molecule is CCCCOCCC(C)C(C)N. The Morgan fingerprint density at radius 3 is 2.42 bits per heavy atom. The fraction of sp³-hybridized carbons (Fsp3) is 1.00. The van der Waals surface area contributed by atoms with E-state index in [-0.39, 0.29) is 0 Å². The molecule has 0 saturated carbocycles. The molecule has 0 aliphatic carbocycles. The van der Waals surface area contributed by atoms with Crippen molar-refractivity contribution in [1.29, 1.82) is 0 Å². The van der Waals surface area contributed by atoms with E-state index in [4.69, 9.17) is 10.5 Å². The summed E-state index contributed by atoms with van der Waals surface area (Å²) in [6.07, 6.45) is 3.47. The van der Waals surface area contributed by atoms with Gasteiger partial charge in [-0.05, 0) is 25.7 Å². The van der Waals surface area contributed by atoms with E-state index in [1.54, 1.807) is 0 Å². The number of hydrogen-bond acceptors (Lipinski definition) is 2. The van der Waals surface area contributed by atoms with Gasteiger partial charge in [0.2, 0.25) is 0 Å². The van der Waals surface area contributed by atoms with Gasteiger partial charge in [0, 0.05) is 19.3 Å². The van der Waals surface area contributed by atoms with Gasteiger partial charge in [0.05, 0.1) is 0 Å². The van der Waals surface area contributed by atoms with Gasteiger partial charge in [-0.15, -0.1) is 0 Å². The minimum atomic E-state index is 0.291. The molecule has 0 fully saturated rings. The third kappa shape index (κ3) is 6.62. The number of rotatable bonds is 7. The van der Waals surface area contributed by atoms with Gasteiger partial charge in [-0.3, -0.25) is 0 Å². The smallest absolute Gasteiger partial charge is 0.0469 e. The summed E-state index contributed by atoms with van der Waals surface area (Å²) in [5.74, 6) is 0.576. The Morgan fingerprint density at radius 1 is 1.25 bits per heavy atom. The summed E-state index contributed by atoms with van der Waals surface area (Å²) in [6, 6.07) is 0.291. The van der Waals surface area contributed by atoms with Crippen LogP contribution >= 0.6 is 0 Å². The molecule has 2 atom stereocenters. The summed E-state index contributed by atoms with van der Waals surface area (Å²) in [7, 11) is 0. The molecule has 0 aromatic carbocycles. The van der Waals surface area contributed by atoms with Crippen LogP contribution in [0.5, 0.6) is 0 Å². The molecule has 0 bridgehead atoms. The Morgan fingerprint density at radius 2 is 1.92 bits per heavy atom. The van der Waals surface area contributed by atoms with Crippen molar-refractivity contribution < 1.29 is 4.74 Å². The highest BCUT2D eigenvalue weighted by Crippen LogP contribution is 2.05. The van der Waals surface area contributed by atoms with Crippen molar-refractivity contribution in [3.63, 3.8) is 0 Å². The van der Waals surface area contributed by atoms with E-state index in [0.717, 1.165) is 19.6 Å². The van der Waals surface area contributed by atoms with Crippen LogP contribution in [0.25, 0.3) is 0 Å². The lowest BCUT2D eigenvalue weighted by atomic mass is 10.0. The Labute approximate surface area is 76.5 Å². The second kappa shape index (κ2) is 7.56. The minimum Gasteiger partial charge on any atom is -0.381 e. The summed E-state index contributed by atoms with van der Waals surface area (Å²) in [6.45, 7) is 8.17. The molecule has 2 heteroatoms. The molecular formula is C10H23NO. The predicted octanol–water partition coefficient (Wildman–Crippen LogP) is 2.18. The summed E-state index contributed by atoms with van der Waals surface area (Å²) in [5.41, 5.74) is 5.72. The van der Waals surface area contributed by atoms with Crippen LogP contribution in [0.3, 0.4) is 0 Å². The Balaban J connectivity index is 3.08. The van der Waals surface area contributed by atoms with Gasteiger partial charge >= 0.3 is 0 Å². The summed E-state index contributed by atoms with van der Waals surface area (Å²) in [5, 5.41) is 0. The second-order valence-corrected chi connectivity index (χ2v) is 3.59. The summed E-state index contributed by atoms with van der Waals surface area (Å²) < 4.78 is 5.44. The van der Waals surface area contributed by atoms with Crippen LogP contribution in [-0.4, -0.2) is 19.3 Å². The quantitative estimate of drug-likeness (QED) is 0.599. The average molecular weight is 173 g/mol. The zero-order valence-corrected chi connectivity index (χ0v) is 8.68. The molecule has 0 aliphatic rings. The number of nitrogens with two attached hydrogens (primary N) is 1. The fourth-order valence-electron chi connectivity index (χ4n) is 0.881. The second-order valence-electron chi connectivity index (χ2n) is 3.59. The van der Waals surface area contributed by atoms with Crippen molar-refractivity contribution in [2.24, 2.45) is 11.7 Å². The monoisotopic (exact) mass is 173 g/mol. The predicted molar refractivity (Wildman–Crippen MR) is 53.2 cm³/mol. The van der Waals surface area contributed by atoms with Gasteiger partial charge in [-0.2, -0.15) is 0 Å². The average Bonchev–Trinajstić information content (AvgIpc) is 2.03. The first-order valence-electron chi connectivity index (χ1n) is 5.01. The topological polar surface area (TPSA) is 35.2 Å². The lowest BCUT2D eigenvalue weighted by Gasteiger charge is -2.14. The van der Waals surface area contributed by atoms with Crippen LogP contribution in [0.1, 0.15) is 40.0 Å². The molecule has 2 N–H and O–H groups in total. The summed E-state index contributed by atoms with van der Waals surface area (Å²) >= 11 is 0. The molecule has 0 radical (unpaired) electrons. The van der Waals surface area contributed by atoms with E-state index in [2.05, 4.69) is 20.8 Å². The summed E-state index contributed by atoms with van der Waals surface area (Å²) in [4.78, 5) is 0. The van der Waals surface area contributed by atoms with Crippen molar-refractivity contribution in [2.45, 2.75) is 46.1 Å². The molecular weight excluding hydrogens is 150 g/mol. The Bertz CT molecular complexity index is 93.8. The normalized spacial score (nSPS) is 16.0. The van der Waals surface area contributed by atoms with Crippen molar-refractivity contribution in [3.05, 3.63) is 0 Å². The van der Waals surface area contributed by atoms with Crippen LogP contribution < -0.4 is 5.73 Å². The van der Waals surface area contributed by atoms with Crippen LogP contribution in [0, 0.1) is 5.92 Å². The van der Waals surface area contributed by atoms with E-state index < -0.39 is 0 Å². The van der Waals surface area contributed by atoms with E-state index in [0.29, 0.717) is 12.0 Å². The third-order valence-electron chi connectivity index (χ3n) is 2.26. The highest BCUT2D eigenvalue weighted by molar-refractivity contribution is 4.62. The van der Waals surface area contributed by atoms with Gasteiger partial charge in [-0.1, -0.05) is 20.3 Å². The number of unbranched alkanes of at least 4 members (excludes halogenated alkanes) is 1. The maximum absolute atomic E-state index is 5.72. The maximum Gasteiger partial charge on any atom is 0.0469 e. The van der Waals surface area contributed by atoms with E-state index in [9.17, 15) is 0 Å². The van der Waals surface area contributed by atoms with Crippen molar-refractivity contribution in [3.8, 4) is 0 Å². The number of hydrogen-bond donors (Lipinski definition) is 1. The highest BCUT2D eigenvalue weighted by atomic mass is 16.5. The van der Waals surface area contributed by atoms with Gasteiger partial charge in [0.1, 0.15) is 0 Å². The van der Waals surface area contributed by atoms with Gasteiger partial charge in [0.15, 0.2) is 0 Å². The molecule has 0 aromatic rings. The molecule has 2 unspecified atom stereocenters. The van der Waals surface area contributed by atoms with Gasteiger partial charge < -0.3 is 10.5 Å². The van der Waals surface area contributed by atoms with Crippen LogP contribution in [0.2, 0.25) is 0 Å². The first kappa shape index (κ1) is 11.9.